The molecule has 0 aliphatic carbocycles. The van der Waals surface area contributed by atoms with E-state index in [0.717, 1.165) is 0 Å². The first-order valence-electron chi connectivity index (χ1n) is 3.62. The van der Waals surface area contributed by atoms with Crippen LogP contribution in [0.1, 0.15) is 11.1 Å². The van der Waals surface area contributed by atoms with Gasteiger partial charge < -0.3 is 0 Å². The Morgan fingerprint density at radius 2 is 2.27 bits per heavy atom. The Hall–Kier alpha value is -0.750. The molecule has 0 saturated heterocycles. The summed E-state index contributed by atoms with van der Waals surface area (Å²) in [4.78, 5) is 0. The quantitative estimate of drug-likeness (QED) is 0.592. The SMILES string of the molecule is Cc1cccc(/C=C/CCl)c1. The van der Waals surface area contributed by atoms with E-state index in [-0.39, 0.29) is 0 Å². The van der Waals surface area contributed by atoms with Gasteiger partial charge in [0, 0.05) is 5.88 Å². The smallest absolute Gasteiger partial charge is 0.0407 e. The van der Waals surface area contributed by atoms with Crippen LogP contribution in [-0.2, 0) is 0 Å². The largest absolute Gasteiger partial charge is 0.122 e. The molecule has 0 bridgehead atoms. The van der Waals surface area contributed by atoms with Crippen molar-refractivity contribution >= 4 is 17.7 Å². The maximum atomic E-state index is 5.50. The zero-order chi connectivity index (χ0) is 8.10. The predicted octanol–water partition coefficient (Wildman–Crippen LogP) is 3.25. The lowest BCUT2D eigenvalue weighted by atomic mass is 10.1. The van der Waals surface area contributed by atoms with Gasteiger partial charge in [0.25, 0.3) is 0 Å². The molecule has 0 spiro atoms. The summed E-state index contributed by atoms with van der Waals surface area (Å²) >= 11 is 5.50. The number of rotatable bonds is 2. The molecule has 0 aromatic heterocycles. The monoisotopic (exact) mass is 166 g/mol. The van der Waals surface area contributed by atoms with Crippen molar-refractivity contribution in [1.29, 1.82) is 0 Å². The Morgan fingerprint density at radius 3 is 2.91 bits per heavy atom. The Bertz CT molecular complexity index is 251. The molecule has 0 saturated carbocycles. The summed E-state index contributed by atoms with van der Waals surface area (Å²) in [5.41, 5.74) is 2.49. The maximum Gasteiger partial charge on any atom is 0.0407 e. The normalized spacial score (nSPS) is 10.7. The van der Waals surface area contributed by atoms with E-state index >= 15 is 0 Å². The Kier molecular flexibility index (Phi) is 3.18. The molecule has 1 aromatic carbocycles. The van der Waals surface area contributed by atoms with Crippen molar-refractivity contribution < 1.29 is 0 Å². The van der Waals surface area contributed by atoms with Crippen LogP contribution < -0.4 is 0 Å². The van der Waals surface area contributed by atoms with Crippen LogP contribution in [0, 0.1) is 6.92 Å². The van der Waals surface area contributed by atoms with Crippen molar-refractivity contribution in [3.8, 4) is 0 Å². The average Bonchev–Trinajstić information content (AvgIpc) is 2.01. The number of allylic oxidation sites excluding steroid dienone is 1. The van der Waals surface area contributed by atoms with Crippen LogP contribution in [0.15, 0.2) is 30.3 Å². The zero-order valence-electron chi connectivity index (χ0n) is 6.55. The molecule has 0 atom stereocenters. The molecule has 0 N–H and O–H groups in total. The second kappa shape index (κ2) is 4.20. The van der Waals surface area contributed by atoms with E-state index in [1.54, 1.807) is 0 Å². The number of hydrogen-bond donors (Lipinski definition) is 0. The van der Waals surface area contributed by atoms with E-state index in [1.165, 1.54) is 11.1 Å². The highest BCUT2D eigenvalue weighted by Gasteiger charge is 1.85. The zero-order valence-corrected chi connectivity index (χ0v) is 7.31. The van der Waals surface area contributed by atoms with Crippen LogP contribution in [0.4, 0.5) is 0 Å². The lowest BCUT2D eigenvalue weighted by molar-refractivity contribution is 1.46. The number of halogens is 1. The second-order valence-electron chi connectivity index (χ2n) is 2.47. The van der Waals surface area contributed by atoms with Gasteiger partial charge in [-0.3, -0.25) is 0 Å². The molecule has 1 aromatic rings. The van der Waals surface area contributed by atoms with Crippen LogP contribution in [0.5, 0.6) is 0 Å². The lowest BCUT2D eigenvalue weighted by Gasteiger charge is -1.93. The van der Waals surface area contributed by atoms with Gasteiger partial charge in [-0.1, -0.05) is 42.0 Å². The van der Waals surface area contributed by atoms with Crippen LogP contribution in [0.2, 0.25) is 0 Å². The van der Waals surface area contributed by atoms with E-state index in [1.807, 2.05) is 18.2 Å². The van der Waals surface area contributed by atoms with Gasteiger partial charge in [0.15, 0.2) is 0 Å². The summed E-state index contributed by atoms with van der Waals surface area (Å²) in [6, 6.07) is 8.32. The molecule has 0 radical (unpaired) electrons. The van der Waals surface area contributed by atoms with Gasteiger partial charge in [-0.15, -0.1) is 11.6 Å². The molecule has 0 heterocycles. The summed E-state index contributed by atoms with van der Waals surface area (Å²) in [6.45, 7) is 2.08. The van der Waals surface area contributed by atoms with Gasteiger partial charge in [0.2, 0.25) is 0 Å². The first-order chi connectivity index (χ1) is 5.33. The summed E-state index contributed by atoms with van der Waals surface area (Å²) in [7, 11) is 0. The van der Waals surface area contributed by atoms with Gasteiger partial charge in [-0.05, 0) is 12.5 Å². The molecular weight excluding hydrogens is 156 g/mol. The van der Waals surface area contributed by atoms with Crippen LogP contribution >= 0.6 is 11.6 Å². The van der Waals surface area contributed by atoms with E-state index in [4.69, 9.17) is 11.6 Å². The standard InChI is InChI=1S/C10H11Cl/c1-9-4-2-5-10(8-9)6-3-7-11/h2-6,8H,7H2,1H3/b6-3+. The molecule has 0 aliphatic heterocycles. The van der Waals surface area contributed by atoms with Crippen molar-refractivity contribution in [2.24, 2.45) is 0 Å². The van der Waals surface area contributed by atoms with E-state index in [9.17, 15) is 0 Å². The first-order valence-corrected chi connectivity index (χ1v) is 4.15. The average molecular weight is 167 g/mol. The van der Waals surface area contributed by atoms with Gasteiger partial charge in [0.1, 0.15) is 0 Å². The Balaban J connectivity index is 2.79. The molecule has 0 aliphatic rings. The number of hydrogen-bond acceptors (Lipinski definition) is 0. The van der Waals surface area contributed by atoms with Gasteiger partial charge in [-0.25, -0.2) is 0 Å². The molecule has 0 amide bonds. The van der Waals surface area contributed by atoms with E-state index < -0.39 is 0 Å². The Labute approximate surface area is 72.5 Å². The topological polar surface area (TPSA) is 0 Å². The van der Waals surface area contributed by atoms with Crippen molar-refractivity contribution in [3.05, 3.63) is 41.5 Å². The molecular formula is C10H11Cl. The van der Waals surface area contributed by atoms with Crippen molar-refractivity contribution in [1.82, 2.24) is 0 Å². The fourth-order valence-corrected chi connectivity index (χ4v) is 1.04. The maximum absolute atomic E-state index is 5.50. The Morgan fingerprint density at radius 1 is 1.45 bits per heavy atom. The third kappa shape index (κ3) is 2.77. The van der Waals surface area contributed by atoms with Crippen molar-refractivity contribution in [3.63, 3.8) is 0 Å². The third-order valence-electron chi connectivity index (χ3n) is 1.44. The first kappa shape index (κ1) is 8.35. The van der Waals surface area contributed by atoms with Crippen molar-refractivity contribution in [2.45, 2.75) is 6.92 Å². The third-order valence-corrected chi connectivity index (χ3v) is 1.62. The molecule has 0 fully saturated rings. The van der Waals surface area contributed by atoms with Crippen LogP contribution in [-0.4, -0.2) is 5.88 Å². The molecule has 1 heteroatoms. The minimum atomic E-state index is 0.577. The summed E-state index contributed by atoms with van der Waals surface area (Å²) in [5.74, 6) is 0.577. The van der Waals surface area contributed by atoms with E-state index in [0.29, 0.717) is 5.88 Å². The molecule has 58 valence electrons. The van der Waals surface area contributed by atoms with Crippen LogP contribution in [0.3, 0.4) is 0 Å². The fraction of sp³-hybridized carbons (Fsp3) is 0.200. The van der Waals surface area contributed by atoms with Gasteiger partial charge in [-0.2, -0.15) is 0 Å². The highest BCUT2D eigenvalue weighted by atomic mass is 35.5. The molecule has 1 rings (SSSR count). The van der Waals surface area contributed by atoms with Gasteiger partial charge in [0.05, 0.1) is 0 Å². The highest BCUT2D eigenvalue weighted by molar-refractivity contribution is 6.19. The van der Waals surface area contributed by atoms with Crippen molar-refractivity contribution in [2.75, 3.05) is 5.88 Å². The van der Waals surface area contributed by atoms with Crippen LogP contribution in [0.25, 0.3) is 6.08 Å². The minimum Gasteiger partial charge on any atom is -0.122 e. The molecule has 0 nitrogen and oxygen atoms in total. The summed E-state index contributed by atoms with van der Waals surface area (Å²) in [5, 5.41) is 0. The van der Waals surface area contributed by atoms with E-state index in [2.05, 4.69) is 25.1 Å². The predicted molar refractivity (Wildman–Crippen MR) is 50.9 cm³/mol. The highest BCUT2D eigenvalue weighted by Crippen LogP contribution is 2.05. The van der Waals surface area contributed by atoms with Gasteiger partial charge >= 0.3 is 0 Å². The number of benzene rings is 1. The summed E-state index contributed by atoms with van der Waals surface area (Å²) in [6.07, 6.45) is 3.97. The summed E-state index contributed by atoms with van der Waals surface area (Å²) < 4.78 is 0. The number of aryl methyl sites for hydroxylation is 1. The minimum absolute atomic E-state index is 0.577. The lowest BCUT2D eigenvalue weighted by Crippen LogP contribution is -1.74. The molecule has 0 unspecified atom stereocenters. The molecule has 11 heavy (non-hydrogen) atoms. The number of alkyl halides is 1. The second-order valence-corrected chi connectivity index (χ2v) is 2.78. The fourth-order valence-electron chi connectivity index (χ4n) is 0.954.